The van der Waals surface area contributed by atoms with Crippen molar-refractivity contribution >= 4 is 0 Å². The van der Waals surface area contributed by atoms with Crippen LogP contribution >= 0.6 is 0 Å². The number of nitrogens with one attached hydrogen (secondary N) is 1. The zero-order valence-electron chi connectivity index (χ0n) is 15.3. The minimum atomic E-state index is -0.265. The Kier molecular flexibility index (Phi) is 4.49. The highest BCUT2D eigenvalue weighted by atomic mass is 16.3. The molecule has 1 aromatic rings. The van der Waals surface area contributed by atoms with E-state index >= 15 is 0 Å². The molecule has 1 saturated heterocycles. The van der Waals surface area contributed by atoms with Crippen LogP contribution in [-0.2, 0) is 11.8 Å². The van der Waals surface area contributed by atoms with E-state index in [0.717, 1.165) is 12.8 Å². The summed E-state index contributed by atoms with van der Waals surface area (Å²) in [6, 6.07) is 8.69. The number of rotatable bonds is 2. The van der Waals surface area contributed by atoms with Crippen molar-refractivity contribution in [3.05, 3.63) is 35.4 Å². The average Bonchev–Trinajstić information content (AvgIpc) is 2.31. The molecular formula is C20H33NO. The van der Waals surface area contributed by atoms with Gasteiger partial charge >= 0.3 is 0 Å². The van der Waals surface area contributed by atoms with Crippen molar-refractivity contribution in [3.8, 4) is 0 Å². The summed E-state index contributed by atoms with van der Waals surface area (Å²) in [4.78, 5) is 0. The smallest absolute Gasteiger partial charge is 0.0606 e. The normalized spacial score (nSPS) is 27.6. The predicted molar refractivity (Wildman–Crippen MR) is 94.3 cm³/mol. The first-order chi connectivity index (χ1) is 9.92. The summed E-state index contributed by atoms with van der Waals surface area (Å²) in [7, 11) is 0. The molecule has 0 spiro atoms. The number of piperidine rings is 1. The standard InChI is InChI=1S/C20H33NO/c1-18(2,3)15-11-9-8-10-14(15)12-16-17(22)13-19(4,5)21-20(16,6)7/h8-11,16-17,21-22H,12-13H2,1-7H3. The van der Waals surface area contributed by atoms with E-state index in [1.165, 1.54) is 11.1 Å². The van der Waals surface area contributed by atoms with Gasteiger partial charge in [-0.25, -0.2) is 0 Å². The van der Waals surface area contributed by atoms with Gasteiger partial charge in [0, 0.05) is 17.0 Å². The molecule has 0 aromatic heterocycles. The average molecular weight is 303 g/mol. The molecule has 2 heteroatoms. The summed E-state index contributed by atoms with van der Waals surface area (Å²) in [5, 5.41) is 14.5. The first kappa shape index (κ1) is 17.5. The van der Waals surface area contributed by atoms with Gasteiger partial charge in [0.15, 0.2) is 0 Å². The van der Waals surface area contributed by atoms with Gasteiger partial charge in [0.1, 0.15) is 0 Å². The van der Waals surface area contributed by atoms with Crippen LogP contribution in [0.15, 0.2) is 24.3 Å². The Morgan fingerprint density at radius 2 is 1.73 bits per heavy atom. The van der Waals surface area contributed by atoms with Crippen LogP contribution in [0.1, 0.15) is 66.0 Å². The van der Waals surface area contributed by atoms with E-state index in [1.807, 2.05) is 0 Å². The Bertz CT molecular complexity index is 525. The Morgan fingerprint density at radius 1 is 1.14 bits per heavy atom. The SMILES string of the molecule is CC1(C)CC(O)C(Cc2ccccc2C(C)(C)C)C(C)(C)N1. The Morgan fingerprint density at radius 3 is 2.27 bits per heavy atom. The van der Waals surface area contributed by atoms with Crippen LogP contribution in [0.25, 0.3) is 0 Å². The van der Waals surface area contributed by atoms with Gasteiger partial charge < -0.3 is 10.4 Å². The van der Waals surface area contributed by atoms with E-state index in [-0.39, 0.29) is 28.5 Å². The fraction of sp³-hybridized carbons (Fsp3) is 0.700. The fourth-order valence-corrected chi connectivity index (χ4v) is 4.22. The van der Waals surface area contributed by atoms with Crippen molar-refractivity contribution in [2.75, 3.05) is 0 Å². The first-order valence-corrected chi connectivity index (χ1v) is 8.48. The third-order valence-corrected chi connectivity index (χ3v) is 5.04. The first-order valence-electron chi connectivity index (χ1n) is 8.48. The van der Waals surface area contributed by atoms with Crippen LogP contribution in [0.2, 0.25) is 0 Å². The van der Waals surface area contributed by atoms with Gasteiger partial charge in [0.2, 0.25) is 0 Å². The Balaban J connectivity index is 2.31. The molecule has 1 aliphatic heterocycles. The van der Waals surface area contributed by atoms with Gasteiger partial charge in [-0.3, -0.25) is 0 Å². The zero-order valence-corrected chi connectivity index (χ0v) is 15.3. The van der Waals surface area contributed by atoms with E-state index in [4.69, 9.17) is 0 Å². The quantitative estimate of drug-likeness (QED) is 0.863. The van der Waals surface area contributed by atoms with Crippen molar-refractivity contribution in [3.63, 3.8) is 0 Å². The van der Waals surface area contributed by atoms with Crippen LogP contribution in [-0.4, -0.2) is 22.3 Å². The fourth-order valence-electron chi connectivity index (χ4n) is 4.22. The molecule has 0 bridgehead atoms. The lowest BCUT2D eigenvalue weighted by Gasteiger charge is -2.51. The molecule has 0 radical (unpaired) electrons. The lowest BCUT2D eigenvalue weighted by atomic mass is 9.69. The molecule has 2 rings (SSSR count). The Labute approximate surface area is 136 Å². The summed E-state index contributed by atoms with van der Waals surface area (Å²) in [5.74, 6) is 0.226. The maximum atomic E-state index is 10.8. The van der Waals surface area contributed by atoms with Crippen molar-refractivity contribution in [1.29, 1.82) is 0 Å². The van der Waals surface area contributed by atoms with Crippen LogP contribution in [0.5, 0.6) is 0 Å². The number of hydrogen-bond acceptors (Lipinski definition) is 2. The maximum Gasteiger partial charge on any atom is 0.0606 e. The van der Waals surface area contributed by atoms with E-state index in [0.29, 0.717) is 0 Å². The summed E-state index contributed by atoms with van der Waals surface area (Å²) in [5.41, 5.74) is 2.80. The van der Waals surface area contributed by atoms with Gasteiger partial charge in [-0.1, -0.05) is 45.0 Å². The van der Waals surface area contributed by atoms with Gasteiger partial charge in [-0.2, -0.15) is 0 Å². The molecule has 0 amide bonds. The van der Waals surface area contributed by atoms with Crippen molar-refractivity contribution < 1.29 is 5.11 Å². The largest absolute Gasteiger partial charge is 0.393 e. The van der Waals surface area contributed by atoms with Gasteiger partial charge in [-0.05, 0) is 57.1 Å². The van der Waals surface area contributed by atoms with E-state index in [2.05, 4.69) is 78.0 Å². The Hall–Kier alpha value is -0.860. The highest BCUT2D eigenvalue weighted by Crippen LogP contribution is 2.37. The second kappa shape index (κ2) is 5.65. The van der Waals surface area contributed by atoms with Gasteiger partial charge in [-0.15, -0.1) is 0 Å². The molecular weight excluding hydrogens is 270 g/mol. The second-order valence-electron chi connectivity index (χ2n) is 9.22. The van der Waals surface area contributed by atoms with Crippen molar-refractivity contribution in [1.82, 2.24) is 5.32 Å². The third kappa shape index (κ3) is 3.72. The van der Waals surface area contributed by atoms with Crippen molar-refractivity contribution in [2.24, 2.45) is 5.92 Å². The highest BCUT2D eigenvalue weighted by Gasteiger charge is 2.45. The molecule has 124 valence electrons. The van der Waals surface area contributed by atoms with E-state index < -0.39 is 0 Å². The van der Waals surface area contributed by atoms with E-state index in [9.17, 15) is 5.11 Å². The summed E-state index contributed by atoms with van der Waals surface area (Å²) >= 11 is 0. The third-order valence-electron chi connectivity index (χ3n) is 5.04. The highest BCUT2D eigenvalue weighted by molar-refractivity contribution is 5.33. The summed E-state index contributed by atoms with van der Waals surface area (Å²) in [6.07, 6.45) is 1.46. The summed E-state index contributed by atoms with van der Waals surface area (Å²) < 4.78 is 0. The number of aliphatic hydroxyl groups is 1. The molecule has 0 saturated carbocycles. The van der Waals surface area contributed by atoms with Crippen molar-refractivity contribution in [2.45, 2.75) is 83.9 Å². The second-order valence-corrected chi connectivity index (χ2v) is 9.22. The minimum Gasteiger partial charge on any atom is -0.393 e. The lowest BCUT2D eigenvalue weighted by Crippen LogP contribution is -2.65. The molecule has 22 heavy (non-hydrogen) atoms. The van der Waals surface area contributed by atoms with Gasteiger partial charge in [0.05, 0.1) is 6.10 Å². The van der Waals surface area contributed by atoms with Gasteiger partial charge in [0.25, 0.3) is 0 Å². The molecule has 0 aliphatic carbocycles. The number of benzene rings is 1. The van der Waals surface area contributed by atoms with E-state index in [1.54, 1.807) is 0 Å². The van der Waals surface area contributed by atoms with Crippen LogP contribution in [0.3, 0.4) is 0 Å². The number of aliphatic hydroxyl groups excluding tert-OH is 1. The summed E-state index contributed by atoms with van der Waals surface area (Å²) in [6.45, 7) is 15.6. The van der Waals surface area contributed by atoms with Crippen LogP contribution < -0.4 is 5.32 Å². The molecule has 2 N–H and O–H groups in total. The molecule has 1 fully saturated rings. The molecule has 2 unspecified atom stereocenters. The molecule has 2 nitrogen and oxygen atoms in total. The molecule has 1 aromatic carbocycles. The van der Waals surface area contributed by atoms with Crippen LogP contribution in [0, 0.1) is 5.92 Å². The maximum absolute atomic E-state index is 10.8. The lowest BCUT2D eigenvalue weighted by molar-refractivity contribution is -0.0213. The predicted octanol–water partition coefficient (Wildman–Crippen LogP) is 4.05. The topological polar surface area (TPSA) is 32.3 Å². The molecule has 1 heterocycles. The van der Waals surface area contributed by atoms with Crippen LogP contribution in [0.4, 0.5) is 0 Å². The molecule has 2 atom stereocenters. The monoisotopic (exact) mass is 303 g/mol. The number of hydrogen-bond donors (Lipinski definition) is 2. The minimum absolute atomic E-state index is 0.0110. The zero-order chi connectivity index (χ0) is 16.8. The molecule has 1 aliphatic rings.